The summed E-state index contributed by atoms with van der Waals surface area (Å²) >= 11 is 0. The van der Waals surface area contributed by atoms with E-state index in [1.807, 2.05) is 92.1 Å². The minimum atomic E-state index is -1.86. The van der Waals surface area contributed by atoms with E-state index in [0.717, 1.165) is 56.4 Å². The molecule has 6 aromatic rings. The van der Waals surface area contributed by atoms with Gasteiger partial charge in [0.1, 0.15) is 34.8 Å². The van der Waals surface area contributed by atoms with Gasteiger partial charge in [-0.15, -0.1) is 0 Å². The molecule has 0 radical (unpaired) electrons. The number of pyridine rings is 2. The largest absolute Gasteiger partial charge is 0.543 e. The van der Waals surface area contributed by atoms with Crippen LogP contribution >= 0.6 is 0 Å². The monoisotopic (exact) mass is 683 g/mol. The van der Waals surface area contributed by atoms with Crippen LogP contribution in [0.25, 0.3) is 46.4 Å². The number of rotatable bonds is 9. The Bertz CT molecular complexity index is 2150. The number of aromatic nitrogens is 6. The van der Waals surface area contributed by atoms with Crippen molar-refractivity contribution in [3.8, 4) is 11.5 Å². The molecule has 0 bridgehead atoms. The Hall–Kier alpha value is -5.94. The second-order valence-electron chi connectivity index (χ2n) is 13.2. The van der Waals surface area contributed by atoms with E-state index in [0.29, 0.717) is 5.82 Å². The van der Waals surface area contributed by atoms with E-state index in [4.69, 9.17) is 10.2 Å². The molecule has 0 amide bonds. The second kappa shape index (κ2) is 15.5. The third-order valence-corrected chi connectivity index (χ3v) is 12.7. The lowest BCUT2D eigenvalue weighted by molar-refractivity contribution is 0.476. The standard InChI is InChI=1S/C22H28N4OSi.C17H16N4O/c1-22(2,3)28(4,5)27-17-11-12-18-19(14-17)26-21(25-18)9-7-6-8-16-10-13-20(23)24-15-16;1-18-16-9-6-12(11-19-16)4-2-3-5-17-20-14-8-7-13(22)10-15(14)21-17/h6-15H,1-5H3,(H2,23,24)(H,25,26);2-11,22H,1H3,(H,18,19)(H,20,21)/b8-6+,9-7+;4-2+,5-3+/i;1-1. The van der Waals surface area contributed by atoms with Crippen LogP contribution in [-0.2, 0) is 0 Å². The molecule has 0 aliphatic heterocycles. The van der Waals surface area contributed by atoms with Gasteiger partial charge in [-0.2, -0.15) is 0 Å². The minimum Gasteiger partial charge on any atom is -0.543 e. The number of allylic oxidation sites excluding steroid dienone is 4. The number of phenols is 1. The van der Waals surface area contributed by atoms with Crippen molar-refractivity contribution in [1.29, 1.82) is 0 Å². The number of nitrogens with one attached hydrogen (secondary N) is 3. The Morgan fingerprint density at radius 2 is 1.30 bits per heavy atom. The van der Waals surface area contributed by atoms with Gasteiger partial charge in [0.2, 0.25) is 8.32 Å². The van der Waals surface area contributed by atoms with E-state index in [1.165, 1.54) is 0 Å². The van der Waals surface area contributed by atoms with Crippen molar-refractivity contribution in [2.45, 2.75) is 38.9 Å². The van der Waals surface area contributed by atoms with Gasteiger partial charge >= 0.3 is 0 Å². The third-order valence-electron chi connectivity index (χ3n) is 8.29. The molecule has 256 valence electrons. The highest BCUT2D eigenvalue weighted by Crippen LogP contribution is 2.37. The Morgan fingerprint density at radius 1 is 0.740 bits per heavy atom. The number of nitrogens with zero attached hydrogens (tertiary/aromatic N) is 4. The zero-order chi connectivity index (χ0) is 35.7. The van der Waals surface area contributed by atoms with Crippen LogP contribution in [0.15, 0.2) is 97.4 Å². The fourth-order valence-corrected chi connectivity index (χ4v) is 5.51. The Kier molecular flexibility index (Phi) is 11.0. The van der Waals surface area contributed by atoms with Gasteiger partial charge in [0.25, 0.3) is 0 Å². The van der Waals surface area contributed by atoms with Gasteiger partial charge in [-0.05, 0) is 89.9 Å². The number of aromatic amines is 2. The molecule has 0 spiro atoms. The van der Waals surface area contributed by atoms with Crippen molar-refractivity contribution < 1.29 is 9.53 Å². The molecular weight excluding hydrogens is 640 g/mol. The molecular formula is C39H44N8O2Si. The first-order chi connectivity index (χ1) is 23.9. The highest BCUT2D eigenvalue weighted by Gasteiger charge is 2.39. The minimum absolute atomic E-state index is 0.163. The lowest BCUT2D eigenvalue weighted by Crippen LogP contribution is -2.43. The number of nitrogen functional groups attached to an aromatic ring is 1. The Morgan fingerprint density at radius 3 is 1.84 bits per heavy atom. The maximum atomic E-state index is 9.43. The molecule has 0 aliphatic carbocycles. The molecule has 0 atom stereocenters. The topological polar surface area (TPSA) is 151 Å². The number of benzene rings is 2. The zero-order valence-corrected chi connectivity index (χ0v) is 30.3. The number of nitrogens with two attached hydrogens (primary N) is 1. The molecule has 4 aromatic heterocycles. The number of imidazole rings is 2. The van der Waals surface area contributed by atoms with E-state index in [2.05, 4.69) is 69.1 Å². The van der Waals surface area contributed by atoms with Gasteiger partial charge in [0.15, 0.2) is 0 Å². The highest BCUT2D eigenvalue weighted by molar-refractivity contribution is 6.74. The van der Waals surface area contributed by atoms with Crippen molar-refractivity contribution in [1.82, 2.24) is 29.9 Å². The SMILES string of the molecule is CC(C)(C)[Si](C)(C)Oc1ccc2nc(/C=C/C=C/c3ccc(N)nc3)[nH]c2c1.[11CH3]Nc1ccc(/C=C/C=C/c2nc3ccc(O)cc3[nH]2)cn1. The zero-order valence-electron chi connectivity index (χ0n) is 29.3. The number of H-pyrrole nitrogens is 2. The number of aromatic hydroxyl groups is 1. The summed E-state index contributed by atoms with van der Waals surface area (Å²) in [5.41, 5.74) is 11.2. The lowest BCUT2D eigenvalue weighted by atomic mass is 10.2. The third kappa shape index (κ3) is 9.57. The van der Waals surface area contributed by atoms with Crippen LogP contribution in [0.3, 0.4) is 0 Å². The van der Waals surface area contributed by atoms with E-state index in [-0.39, 0.29) is 10.8 Å². The highest BCUT2D eigenvalue weighted by atomic mass is 28.4. The number of hydrogen-bond acceptors (Lipinski definition) is 8. The average molecular weight is 684 g/mol. The van der Waals surface area contributed by atoms with E-state index in [1.54, 1.807) is 36.7 Å². The molecule has 11 heteroatoms. The maximum Gasteiger partial charge on any atom is 0.250 e. The van der Waals surface area contributed by atoms with Crippen molar-refractivity contribution >= 4 is 66.3 Å². The molecule has 6 N–H and O–H groups in total. The summed E-state index contributed by atoms with van der Waals surface area (Å²) < 4.78 is 6.39. The second-order valence-corrected chi connectivity index (χ2v) is 17.9. The predicted molar refractivity (Wildman–Crippen MR) is 210 cm³/mol. The van der Waals surface area contributed by atoms with E-state index < -0.39 is 8.32 Å². The average Bonchev–Trinajstić information content (AvgIpc) is 3.68. The van der Waals surface area contributed by atoms with Crippen molar-refractivity contribution in [3.63, 3.8) is 0 Å². The van der Waals surface area contributed by atoms with Gasteiger partial charge in [0, 0.05) is 31.6 Å². The molecule has 0 saturated heterocycles. The first-order valence-corrected chi connectivity index (χ1v) is 19.2. The molecule has 4 heterocycles. The van der Waals surface area contributed by atoms with Crippen molar-refractivity contribution in [2.24, 2.45) is 0 Å². The summed E-state index contributed by atoms with van der Waals surface area (Å²) in [5.74, 6) is 4.04. The van der Waals surface area contributed by atoms with Crippen LogP contribution in [0, 0.1) is 0 Å². The van der Waals surface area contributed by atoms with E-state index in [9.17, 15) is 5.11 Å². The molecule has 0 unspecified atom stereocenters. The normalized spacial score (nSPS) is 12.4. The van der Waals surface area contributed by atoms with E-state index >= 15 is 0 Å². The number of anilines is 2. The van der Waals surface area contributed by atoms with Crippen LogP contribution in [-0.4, -0.2) is 50.4 Å². The predicted octanol–water partition coefficient (Wildman–Crippen LogP) is 9.08. The molecule has 50 heavy (non-hydrogen) atoms. The molecule has 0 aliphatic rings. The summed E-state index contributed by atoms with van der Waals surface area (Å²) in [6, 6.07) is 18.7. The maximum absolute atomic E-state index is 9.43. The first-order valence-electron chi connectivity index (χ1n) is 16.3. The quantitative estimate of drug-likeness (QED) is 0.0748. The summed E-state index contributed by atoms with van der Waals surface area (Å²) in [6.45, 7) is 11.2. The molecule has 0 saturated carbocycles. The van der Waals surface area contributed by atoms with Gasteiger partial charge in [-0.25, -0.2) is 19.9 Å². The number of phenolic OH excluding ortho intramolecular Hbond substituents is 1. The van der Waals surface area contributed by atoms with Gasteiger partial charge < -0.3 is 30.6 Å². The molecule has 0 fully saturated rings. The molecule has 10 nitrogen and oxygen atoms in total. The summed E-state index contributed by atoms with van der Waals surface area (Å²) in [6.07, 6.45) is 19.0. The smallest absolute Gasteiger partial charge is 0.250 e. The fraction of sp³-hybridized carbons (Fsp3) is 0.179. The van der Waals surface area contributed by atoms with Crippen LogP contribution < -0.4 is 15.5 Å². The summed E-state index contributed by atoms with van der Waals surface area (Å²) in [7, 11) is -0.0175. The van der Waals surface area contributed by atoms with Crippen molar-refractivity contribution in [2.75, 3.05) is 18.1 Å². The van der Waals surface area contributed by atoms with Gasteiger partial charge in [-0.3, -0.25) is 0 Å². The van der Waals surface area contributed by atoms with Gasteiger partial charge in [0.05, 0.1) is 22.1 Å². The summed E-state index contributed by atoms with van der Waals surface area (Å²) in [4.78, 5) is 23.8. The van der Waals surface area contributed by atoms with Crippen LogP contribution in [0.5, 0.6) is 11.5 Å². The summed E-state index contributed by atoms with van der Waals surface area (Å²) in [5, 5.41) is 12.6. The number of fused-ring (bicyclic) bond motifs is 2. The first kappa shape index (κ1) is 35.4. The Labute approximate surface area is 293 Å². The lowest BCUT2D eigenvalue weighted by Gasteiger charge is -2.36. The van der Waals surface area contributed by atoms with Crippen molar-refractivity contribution in [3.05, 3.63) is 120 Å². The van der Waals surface area contributed by atoms with Crippen LogP contribution in [0.1, 0.15) is 43.5 Å². The van der Waals surface area contributed by atoms with Crippen LogP contribution in [0.4, 0.5) is 11.6 Å². The Balaban J connectivity index is 0.000000200. The van der Waals surface area contributed by atoms with Gasteiger partial charge in [-0.1, -0.05) is 57.2 Å². The van der Waals surface area contributed by atoms with Crippen LogP contribution in [0.2, 0.25) is 18.1 Å². The molecule has 2 aromatic carbocycles. The number of hydrogen-bond donors (Lipinski definition) is 5. The fourth-order valence-electron chi connectivity index (χ4n) is 4.49. The molecule has 6 rings (SSSR count).